The number of Topliss-reactive ketones (excluding diaryl/α,β-unsaturated/α-hetero) is 1. The van der Waals surface area contributed by atoms with Crippen LogP contribution in [0.1, 0.15) is 55.7 Å². The summed E-state index contributed by atoms with van der Waals surface area (Å²) in [5, 5.41) is 32.0. The quantitative estimate of drug-likeness (QED) is 0.139. The van der Waals surface area contributed by atoms with Crippen molar-refractivity contribution in [2.75, 3.05) is 18.5 Å². The third kappa shape index (κ3) is 10.2. The number of carbonyl (C=O) groups excluding carboxylic acids is 2. The number of hydrogen-bond acceptors (Lipinski definition) is 8. The van der Waals surface area contributed by atoms with Crippen molar-refractivity contribution in [2.24, 2.45) is 0 Å². The van der Waals surface area contributed by atoms with E-state index in [2.05, 4.69) is 10.0 Å². The van der Waals surface area contributed by atoms with Gasteiger partial charge in [-0.15, -0.1) is 0 Å². The molecule has 0 saturated carbocycles. The Bertz CT molecular complexity index is 1560. The Morgan fingerprint density at radius 1 is 0.955 bits per heavy atom. The van der Waals surface area contributed by atoms with E-state index in [0.29, 0.717) is 31.2 Å². The summed E-state index contributed by atoms with van der Waals surface area (Å²) in [5.41, 5.74) is 2.48. The first-order chi connectivity index (χ1) is 20.9. The van der Waals surface area contributed by atoms with E-state index >= 15 is 0 Å². The first-order valence-corrected chi connectivity index (χ1v) is 15.7. The number of aromatic hydroxyl groups is 1. The SMILES string of the molecule is CC(=O)C(O)C(C)c1ccc(O)cc1CCCCC(=O)Nc1cc(CCNS(=O)(=O)c2ccccc2)ccc1OCC(=O)O. The summed E-state index contributed by atoms with van der Waals surface area (Å²) in [7, 11) is -3.69. The predicted molar refractivity (Wildman–Crippen MR) is 164 cm³/mol. The Morgan fingerprint density at radius 2 is 1.68 bits per heavy atom. The lowest BCUT2D eigenvalue weighted by atomic mass is 9.87. The van der Waals surface area contributed by atoms with Gasteiger partial charge in [0.2, 0.25) is 15.9 Å². The number of aryl methyl sites for hydroxylation is 1. The highest BCUT2D eigenvalue weighted by molar-refractivity contribution is 7.89. The molecule has 0 bridgehead atoms. The Labute approximate surface area is 256 Å². The molecule has 1 amide bonds. The Balaban J connectivity index is 1.61. The summed E-state index contributed by atoms with van der Waals surface area (Å²) in [6.07, 6.45) is 0.846. The van der Waals surface area contributed by atoms with Crippen LogP contribution in [0.2, 0.25) is 0 Å². The number of aliphatic hydroxyl groups excluding tert-OH is 1. The second-order valence-corrected chi connectivity index (χ2v) is 12.2. The normalized spacial score (nSPS) is 12.7. The summed E-state index contributed by atoms with van der Waals surface area (Å²) in [6.45, 7) is 2.55. The first kappa shape index (κ1) is 34.2. The number of carbonyl (C=O) groups is 3. The molecule has 5 N–H and O–H groups in total. The molecule has 0 aliphatic rings. The lowest BCUT2D eigenvalue weighted by Crippen LogP contribution is -2.26. The first-order valence-electron chi connectivity index (χ1n) is 14.2. The smallest absolute Gasteiger partial charge is 0.341 e. The van der Waals surface area contributed by atoms with Crippen LogP contribution >= 0.6 is 0 Å². The Morgan fingerprint density at radius 3 is 2.36 bits per heavy atom. The fourth-order valence-corrected chi connectivity index (χ4v) is 5.75. The van der Waals surface area contributed by atoms with Gasteiger partial charge in [0, 0.05) is 18.9 Å². The topological polar surface area (TPSA) is 179 Å². The molecule has 11 nitrogen and oxygen atoms in total. The standard InChI is InChI=1S/C32H38N2O9S/c1-21(32(40)22(2)35)27-14-13-25(36)19-24(27)8-6-7-11-30(37)34-28-18-23(12-15-29(28)43-20-31(38)39)16-17-33-44(41,42)26-9-4-3-5-10-26/h3-5,9-10,12-15,18-19,21,32-33,36,40H,6-8,11,16-17,20H2,1-2H3,(H,34,37)(H,38,39). The molecule has 0 aromatic heterocycles. The van der Waals surface area contributed by atoms with E-state index in [1.54, 1.807) is 49.4 Å². The molecule has 0 aliphatic heterocycles. The molecule has 0 saturated heterocycles. The summed E-state index contributed by atoms with van der Waals surface area (Å²) in [6, 6.07) is 17.6. The molecule has 0 fully saturated rings. The maximum absolute atomic E-state index is 12.8. The van der Waals surface area contributed by atoms with Crippen molar-refractivity contribution in [3.63, 3.8) is 0 Å². The van der Waals surface area contributed by atoms with Gasteiger partial charge in [-0.05, 0) is 85.7 Å². The number of rotatable bonds is 17. The van der Waals surface area contributed by atoms with E-state index in [0.717, 1.165) is 11.1 Å². The highest BCUT2D eigenvalue weighted by atomic mass is 32.2. The number of amides is 1. The summed E-state index contributed by atoms with van der Waals surface area (Å²) >= 11 is 0. The number of carboxylic acid groups (broad SMARTS) is 1. The van der Waals surface area contributed by atoms with Gasteiger partial charge in [0.05, 0.1) is 10.6 Å². The van der Waals surface area contributed by atoms with Crippen LogP contribution in [0.3, 0.4) is 0 Å². The van der Waals surface area contributed by atoms with E-state index in [9.17, 15) is 33.0 Å². The van der Waals surface area contributed by atoms with Gasteiger partial charge >= 0.3 is 5.97 Å². The maximum Gasteiger partial charge on any atom is 0.341 e. The number of phenols is 1. The number of carboxylic acids is 1. The molecule has 236 valence electrons. The van der Waals surface area contributed by atoms with Gasteiger partial charge in [0.15, 0.2) is 12.4 Å². The average molecular weight is 627 g/mol. The Hall–Kier alpha value is -4.26. The molecule has 0 heterocycles. The third-order valence-electron chi connectivity index (χ3n) is 7.04. The zero-order valence-electron chi connectivity index (χ0n) is 24.7. The molecule has 0 spiro atoms. The van der Waals surface area contributed by atoms with E-state index in [-0.39, 0.29) is 46.7 Å². The van der Waals surface area contributed by atoms with Crippen LogP contribution in [0.4, 0.5) is 5.69 Å². The van der Waals surface area contributed by atoms with E-state index in [1.165, 1.54) is 31.2 Å². The van der Waals surface area contributed by atoms with Crippen LogP contribution in [0, 0.1) is 0 Å². The van der Waals surface area contributed by atoms with Gasteiger partial charge in [0.1, 0.15) is 17.6 Å². The van der Waals surface area contributed by atoms with Crippen LogP contribution in [0.15, 0.2) is 71.6 Å². The summed E-state index contributed by atoms with van der Waals surface area (Å²) in [5.74, 6) is -2.10. The van der Waals surface area contributed by atoms with Crippen molar-refractivity contribution in [3.8, 4) is 11.5 Å². The van der Waals surface area contributed by atoms with Crippen LogP contribution in [-0.4, -0.2) is 60.7 Å². The highest BCUT2D eigenvalue weighted by Gasteiger charge is 2.23. The van der Waals surface area contributed by atoms with Crippen LogP contribution in [0.5, 0.6) is 11.5 Å². The minimum atomic E-state index is -3.69. The molecule has 0 radical (unpaired) electrons. The van der Waals surface area contributed by atoms with Crippen molar-refractivity contribution in [2.45, 2.75) is 62.9 Å². The van der Waals surface area contributed by atoms with Gasteiger partial charge in [0.25, 0.3) is 0 Å². The molecule has 3 rings (SSSR count). The van der Waals surface area contributed by atoms with E-state index < -0.39 is 34.6 Å². The number of unbranched alkanes of at least 4 members (excludes halogenated alkanes) is 1. The van der Waals surface area contributed by atoms with Crippen molar-refractivity contribution in [3.05, 3.63) is 83.4 Å². The molecule has 3 aromatic carbocycles. The number of anilines is 1. The molecule has 2 unspecified atom stereocenters. The number of hydrogen-bond donors (Lipinski definition) is 5. The number of aliphatic hydroxyl groups is 1. The zero-order chi connectivity index (χ0) is 32.3. The lowest BCUT2D eigenvalue weighted by Gasteiger charge is -2.20. The molecule has 44 heavy (non-hydrogen) atoms. The zero-order valence-corrected chi connectivity index (χ0v) is 25.5. The number of nitrogens with one attached hydrogen (secondary N) is 2. The molecular formula is C32H38N2O9S. The van der Waals surface area contributed by atoms with Crippen LogP contribution in [0.25, 0.3) is 0 Å². The molecule has 0 aliphatic carbocycles. The average Bonchev–Trinajstić information content (AvgIpc) is 2.98. The van der Waals surface area contributed by atoms with Gasteiger partial charge in [-0.1, -0.05) is 37.3 Å². The summed E-state index contributed by atoms with van der Waals surface area (Å²) < 4.78 is 32.9. The number of benzene rings is 3. The van der Waals surface area contributed by atoms with Crippen LogP contribution in [-0.2, 0) is 37.2 Å². The second kappa shape index (κ2) is 16.0. The minimum absolute atomic E-state index is 0.0626. The van der Waals surface area contributed by atoms with E-state index in [1.807, 2.05) is 0 Å². The monoisotopic (exact) mass is 626 g/mol. The summed E-state index contributed by atoms with van der Waals surface area (Å²) in [4.78, 5) is 35.7. The third-order valence-corrected chi connectivity index (χ3v) is 8.51. The number of sulfonamides is 1. The number of phenolic OH excluding ortho intramolecular Hbond substituents is 1. The number of ketones is 1. The van der Waals surface area contributed by atoms with Gasteiger partial charge in [-0.2, -0.15) is 0 Å². The fourth-order valence-electron chi connectivity index (χ4n) is 4.70. The number of aliphatic carboxylic acids is 1. The van der Waals surface area contributed by atoms with Crippen molar-refractivity contribution >= 4 is 33.4 Å². The van der Waals surface area contributed by atoms with Crippen molar-refractivity contribution in [1.29, 1.82) is 0 Å². The largest absolute Gasteiger partial charge is 0.508 e. The fraction of sp³-hybridized carbons (Fsp3) is 0.344. The van der Waals surface area contributed by atoms with Gasteiger partial charge in [-0.3, -0.25) is 9.59 Å². The Kier molecular flexibility index (Phi) is 12.4. The highest BCUT2D eigenvalue weighted by Crippen LogP contribution is 2.29. The van der Waals surface area contributed by atoms with Crippen molar-refractivity contribution < 1.29 is 42.9 Å². The van der Waals surface area contributed by atoms with Crippen molar-refractivity contribution in [1.82, 2.24) is 4.72 Å². The molecule has 12 heteroatoms. The molecule has 3 aromatic rings. The van der Waals surface area contributed by atoms with Gasteiger partial charge in [-0.25, -0.2) is 17.9 Å². The second-order valence-electron chi connectivity index (χ2n) is 10.5. The number of ether oxygens (including phenoxy) is 1. The predicted octanol–water partition coefficient (Wildman–Crippen LogP) is 3.78. The van der Waals surface area contributed by atoms with E-state index in [4.69, 9.17) is 9.84 Å². The maximum atomic E-state index is 12.8. The van der Waals surface area contributed by atoms with Gasteiger partial charge < -0.3 is 25.4 Å². The minimum Gasteiger partial charge on any atom is -0.508 e. The van der Waals surface area contributed by atoms with Crippen LogP contribution < -0.4 is 14.8 Å². The molecule has 2 atom stereocenters. The molecular weight excluding hydrogens is 588 g/mol. The lowest BCUT2D eigenvalue weighted by molar-refractivity contribution is -0.139.